The van der Waals surface area contributed by atoms with E-state index in [1.807, 2.05) is 6.20 Å². The number of carbonyl (C=O) groups is 1. The number of aromatic nitrogens is 6. The summed E-state index contributed by atoms with van der Waals surface area (Å²) < 4.78 is 3.93. The molecule has 0 aliphatic heterocycles. The molecular formula is C17H15N7O3S. The fraction of sp³-hybridized carbons (Fsp3) is 0.176. The van der Waals surface area contributed by atoms with E-state index in [4.69, 9.17) is 0 Å². The van der Waals surface area contributed by atoms with Crippen LogP contribution in [0.25, 0.3) is 21.6 Å². The van der Waals surface area contributed by atoms with Gasteiger partial charge in [0.2, 0.25) is 0 Å². The number of thiazole rings is 1. The maximum Gasteiger partial charge on any atom is 0.332 e. The van der Waals surface area contributed by atoms with Crippen LogP contribution in [0.2, 0.25) is 0 Å². The number of nitrogens with one attached hydrogen (secondary N) is 1. The molecule has 4 aromatic rings. The summed E-state index contributed by atoms with van der Waals surface area (Å²) in [4.78, 5) is 45.3. The molecule has 0 aliphatic carbocycles. The summed E-state index contributed by atoms with van der Waals surface area (Å²) in [7, 11) is 4.73. The standard InChI is InChI=1S/C17H15N7O3S/c1-22-7-9(5-19-22)15-21-12(8-28-15)14(25)20-10-4-11-13(18-6-10)23(2)17(27)24(3)16(11)26/h4-8H,1-3H3,(H,20,25). The number of anilines is 1. The Bertz CT molecular complexity index is 1350. The topological polar surface area (TPSA) is 117 Å². The zero-order chi connectivity index (χ0) is 20.0. The lowest BCUT2D eigenvalue weighted by atomic mass is 10.3. The van der Waals surface area contributed by atoms with E-state index >= 15 is 0 Å². The highest BCUT2D eigenvalue weighted by atomic mass is 32.1. The number of rotatable bonds is 3. The van der Waals surface area contributed by atoms with E-state index in [0.29, 0.717) is 10.7 Å². The summed E-state index contributed by atoms with van der Waals surface area (Å²) in [6.07, 6.45) is 4.88. The number of hydrogen-bond acceptors (Lipinski definition) is 7. The van der Waals surface area contributed by atoms with Crippen LogP contribution in [0.4, 0.5) is 5.69 Å². The molecule has 0 aromatic carbocycles. The molecule has 11 heteroatoms. The number of amides is 1. The van der Waals surface area contributed by atoms with Gasteiger partial charge in [-0.2, -0.15) is 5.10 Å². The zero-order valence-electron chi connectivity index (χ0n) is 15.2. The summed E-state index contributed by atoms with van der Waals surface area (Å²) >= 11 is 1.33. The summed E-state index contributed by atoms with van der Waals surface area (Å²) in [5.41, 5.74) is 0.713. The Morgan fingerprint density at radius 1 is 1.14 bits per heavy atom. The van der Waals surface area contributed by atoms with Crippen molar-refractivity contribution >= 4 is 34.0 Å². The summed E-state index contributed by atoms with van der Waals surface area (Å²) in [6, 6.07) is 1.50. The van der Waals surface area contributed by atoms with Crippen molar-refractivity contribution in [2.75, 3.05) is 5.32 Å². The lowest BCUT2D eigenvalue weighted by Crippen LogP contribution is -2.37. The number of pyridine rings is 1. The molecule has 1 amide bonds. The fourth-order valence-corrected chi connectivity index (χ4v) is 3.55. The van der Waals surface area contributed by atoms with E-state index < -0.39 is 17.2 Å². The molecule has 0 saturated carbocycles. The molecule has 0 radical (unpaired) electrons. The molecule has 4 heterocycles. The third-order valence-electron chi connectivity index (χ3n) is 4.24. The molecule has 0 unspecified atom stereocenters. The van der Waals surface area contributed by atoms with E-state index in [1.54, 1.807) is 23.3 Å². The van der Waals surface area contributed by atoms with Gasteiger partial charge in [-0.3, -0.25) is 23.4 Å². The van der Waals surface area contributed by atoms with Gasteiger partial charge in [0.15, 0.2) is 0 Å². The first-order chi connectivity index (χ1) is 13.3. The lowest BCUT2D eigenvalue weighted by molar-refractivity contribution is 0.102. The first kappa shape index (κ1) is 17.8. The van der Waals surface area contributed by atoms with Gasteiger partial charge in [-0.1, -0.05) is 0 Å². The predicted octanol–water partition coefficient (Wildman–Crippen LogP) is 0.741. The van der Waals surface area contributed by atoms with Crippen LogP contribution in [0, 0.1) is 0 Å². The van der Waals surface area contributed by atoms with E-state index in [2.05, 4.69) is 20.4 Å². The van der Waals surface area contributed by atoms with Crippen LogP contribution < -0.4 is 16.6 Å². The van der Waals surface area contributed by atoms with Crippen LogP contribution in [0.15, 0.2) is 39.6 Å². The van der Waals surface area contributed by atoms with Crippen LogP contribution in [-0.2, 0) is 21.1 Å². The van der Waals surface area contributed by atoms with Gasteiger partial charge in [-0.15, -0.1) is 11.3 Å². The molecule has 1 N–H and O–H groups in total. The minimum absolute atomic E-state index is 0.233. The van der Waals surface area contributed by atoms with Crippen LogP contribution in [-0.4, -0.2) is 34.8 Å². The molecule has 4 rings (SSSR count). The monoisotopic (exact) mass is 397 g/mol. The van der Waals surface area contributed by atoms with Crippen molar-refractivity contribution < 1.29 is 4.79 Å². The average molecular weight is 397 g/mol. The third-order valence-corrected chi connectivity index (χ3v) is 5.13. The highest BCUT2D eigenvalue weighted by Crippen LogP contribution is 2.23. The second-order valence-corrected chi connectivity index (χ2v) is 7.05. The molecule has 0 saturated heterocycles. The van der Waals surface area contributed by atoms with Crippen LogP contribution >= 0.6 is 11.3 Å². The van der Waals surface area contributed by atoms with Crippen LogP contribution in [0.5, 0.6) is 0 Å². The molecule has 0 spiro atoms. The first-order valence-corrected chi connectivity index (χ1v) is 9.05. The molecular weight excluding hydrogens is 382 g/mol. The maximum atomic E-state index is 12.5. The second kappa shape index (κ2) is 6.53. The van der Waals surface area contributed by atoms with Crippen molar-refractivity contribution in [3.8, 4) is 10.6 Å². The first-order valence-electron chi connectivity index (χ1n) is 8.17. The Labute approximate surface area is 161 Å². The van der Waals surface area contributed by atoms with Crippen molar-refractivity contribution in [1.29, 1.82) is 0 Å². The van der Waals surface area contributed by atoms with Gasteiger partial charge >= 0.3 is 5.69 Å². The summed E-state index contributed by atoms with van der Waals surface area (Å²) in [5.74, 6) is -0.422. The van der Waals surface area contributed by atoms with Gasteiger partial charge in [0.1, 0.15) is 16.3 Å². The van der Waals surface area contributed by atoms with Crippen LogP contribution in [0.1, 0.15) is 10.5 Å². The Balaban J connectivity index is 1.65. The van der Waals surface area contributed by atoms with Gasteiger partial charge in [0.25, 0.3) is 11.5 Å². The van der Waals surface area contributed by atoms with Gasteiger partial charge in [0, 0.05) is 38.3 Å². The highest BCUT2D eigenvalue weighted by molar-refractivity contribution is 7.13. The normalized spacial score (nSPS) is 11.1. The van der Waals surface area contributed by atoms with Crippen molar-refractivity contribution in [2.45, 2.75) is 0 Å². The molecule has 28 heavy (non-hydrogen) atoms. The minimum Gasteiger partial charge on any atom is -0.319 e. The second-order valence-electron chi connectivity index (χ2n) is 6.20. The van der Waals surface area contributed by atoms with Gasteiger partial charge < -0.3 is 5.32 Å². The number of hydrogen-bond donors (Lipinski definition) is 1. The smallest absolute Gasteiger partial charge is 0.319 e. The van der Waals surface area contributed by atoms with Crippen molar-refractivity contribution in [2.24, 2.45) is 21.1 Å². The Morgan fingerprint density at radius 2 is 1.93 bits per heavy atom. The molecule has 4 aromatic heterocycles. The fourth-order valence-electron chi connectivity index (χ4n) is 2.77. The summed E-state index contributed by atoms with van der Waals surface area (Å²) in [6.45, 7) is 0. The van der Waals surface area contributed by atoms with Gasteiger partial charge in [-0.25, -0.2) is 14.8 Å². The minimum atomic E-state index is -0.478. The molecule has 142 valence electrons. The molecule has 0 bridgehead atoms. The Morgan fingerprint density at radius 3 is 2.64 bits per heavy atom. The average Bonchev–Trinajstić information content (AvgIpc) is 3.33. The van der Waals surface area contributed by atoms with Crippen molar-refractivity contribution in [3.05, 3.63) is 56.6 Å². The van der Waals surface area contributed by atoms with Gasteiger partial charge in [0.05, 0.1) is 23.5 Å². The van der Waals surface area contributed by atoms with Crippen molar-refractivity contribution in [3.63, 3.8) is 0 Å². The SMILES string of the molecule is Cn1cc(-c2nc(C(=O)Nc3cnc4c(c3)c(=O)n(C)c(=O)n4C)cs2)cn1. The van der Waals surface area contributed by atoms with E-state index in [9.17, 15) is 14.4 Å². The van der Waals surface area contributed by atoms with E-state index in [0.717, 1.165) is 10.1 Å². The lowest BCUT2D eigenvalue weighted by Gasteiger charge is -2.08. The number of fused-ring (bicyclic) bond motifs is 1. The third kappa shape index (κ3) is 2.91. The van der Waals surface area contributed by atoms with Crippen LogP contribution in [0.3, 0.4) is 0 Å². The molecule has 10 nitrogen and oxygen atoms in total. The number of nitrogens with zero attached hydrogens (tertiary/aromatic N) is 6. The Kier molecular flexibility index (Phi) is 4.15. The largest absolute Gasteiger partial charge is 0.332 e. The predicted molar refractivity (Wildman–Crippen MR) is 104 cm³/mol. The highest BCUT2D eigenvalue weighted by Gasteiger charge is 2.15. The molecule has 0 fully saturated rings. The molecule has 0 atom stereocenters. The number of aryl methyl sites for hydroxylation is 2. The number of carbonyl (C=O) groups excluding carboxylic acids is 1. The summed E-state index contributed by atoms with van der Waals surface area (Å²) in [5, 5.41) is 9.34. The van der Waals surface area contributed by atoms with E-state index in [-0.39, 0.29) is 16.7 Å². The van der Waals surface area contributed by atoms with E-state index in [1.165, 1.54) is 42.3 Å². The van der Waals surface area contributed by atoms with Crippen molar-refractivity contribution in [1.82, 2.24) is 28.9 Å². The van der Waals surface area contributed by atoms with Gasteiger partial charge in [-0.05, 0) is 6.07 Å². The molecule has 0 aliphatic rings. The maximum absolute atomic E-state index is 12.5. The quantitative estimate of drug-likeness (QED) is 0.545. The Hall–Kier alpha value is -3.60. The zero-order valence-corrected chi connectivity index (χ0v) is 16.0.